The number of rotatable bonds is 3. The van der Waals surface area contributed by atoms with E-state index in [-0.39, 0.29) is 12.0 Å². The highest BCUT2D eigenvalue weighted by Gasteiger charge is 2.34. The van der Waals surface area contributed by atoms with Crippen molar-refractivity contribution in [3.63, 3.8) is 0 Å². The van der Waals surface area contributed by atoms with E-state index >= 15 is 0 Å². The Morgan fingerprint density at radius 2 is 2.12 bits per heavy atom. The van der Waals surface area contributed by atoms with Crippen LogP contribution < -0.4 is 0 Å². The number of hydrogen-bond acceptors (Lipinski definition) is 2. The molecule has 1 heterocycles. The second-order valence-corrected chi connectivity index (χ2v) is 5.59. The first kappa shape index (κ1) is 11.2. The molecule has 1 fully saturated rings. The van der Waals surface area contributed by atoms with Crippen LogP contribution in [-0.4, -0.2) is 24.9 Å². The lowest BCUT2D eigenvalue weighted by molar-refractivity contribution is 0.0935. The SMILES string of the molecule is OCC1(Cc2ccc3c(c2)CCC3)CCOC1. The minimum absolute atomic E-state index is 0.0210. The van der Waals surface area contributed by atoms with Gasteiger partial charge in [-0.1, -0.05) is 18.2 Å². The van der Waals surface area contributed by atoms with Gasteiger partial charge < -0.3 is 9.84 Å². The van der Waals surface area contributed by atoms with E-state index in [2.05, 4.69) is 18.2 Å². The number of benzene rings is 1. The van der Waals surface area contributed by atoms with Crippen LogP contribution in [0.5, 0.6) is 0 Å². The topological polar surface area (TPSA) is 29.5 Å². The van der Waals surface area contributed by atoms with Gasteiger partial charge >= 0.3 is 0 Å². The highest BCUT2D eigenvalue weighted by atomic mass is 16.5. The highest BCUT2D eigenvalue weighted by molar-refractivity contribution is 5.35. The monoisotopic (exact) mass is 232 g/mol. The zero-order valence-corrected chi connectivity index (χ0v) is 10.2. The smallest absolute Gasteiger partial charge is 0.0548 e. The van der Waals surface area contributed by atoms with E-state index in [9.17, 15) is 5.11 Å². The standard InChI is InChI=1S/C15H20O2/c16-10-15(6-7-17-11-15)9-12-4-5-13-2-1-3-14(13)8-12/h4-5,8,16H,1-3,6-7,9-11H2. The third-order valence-electron chi connectivity index (χ3n) is 4.26. The Morgan fingerprint density at radius 1 is 1.24 bits per heavy atom. The van der Waals surface area contributed by atoms with E-state index in [1.807, 2.05) is 0 Å². The zero-order valence-electron chi connectivity index (χ0n) is 10.2. The Morgan fingerprint density at radius 3 is 2.88 bits per heavy atom. The largest absolute Gasteiger partial charge is 0.396 e. The van der Waals surface area contributed by atoms with Crippen molar-refractivity contribution in [3.05, 3.63) is 34.9 Å². The molecule has 1 aromatic carbocycles. The fraction of sp³-hybridized carbons (Fsp3) is 0.600. The van der Waals surface area contributed by atoms with Gasteiger partial charge in [0.1, 0.15) is 0 Å². The third kappa shape index (κ3) is 2.12. The van der Waals surface area contributed by atoms with Gasteiger partial charge in [-0.2, -0.15) is 0 Å². The van der Waals surface area contributed by atoms with Crippen LogP contribution in [0.15, 0.2) is 18.2 Å². The van der Waals surface area contributed by atoms with Gasteiger partial charge in [0.2, 0.25) is 0 Å². The first-order valence-corrected chi connectivity index (χ1v) is 6.61. The molecule has 0 bridgehead atoms. The summed E-state index contributed by atoms with van der Waals surface area (Å²) < 4.78 is 5.46. The van der Waals surface area contributed by atoms with Crippen molar-refractivity contribution in [1.29, 1.82) is 0 Å². The van der Waals surface area contributed by atoms with Crippen LogP contribution in [0.3, 0.4) is 0 Å². The summed E-state index contributed by atoms with van der Waals surface area (Å²) in [6.45, 7) is 1.75. The number of ether oxygens (including phenoxy) is 1. The van der Waals surface area contributed by atoms with Crippen LogP contribution in [0, 0.1) is 5.41 Å². The molecule has 1 N–H and O–H groups in total. The molecule has 0 spiro atoms. The Balaban J connectivity index is 1.80. The van der Waals surface area contributed by atoms with E-state index in [0.29, 0.717) is 6.61 Å². The Labute approximate surface area is 103 Å². The van der Waals surface area contributed by atoms with Gasteiger partial charge in [0.05, 0.1) is 13.2 Å². The number of aliphatic hydroxyl groups is 1. The molecule has 3 rings (SSSR count). The molecule has 1 aliphatic heterocycles. The van der Waals surface area contributed by atoms with Crippen LogP contribution in [0.4, 0.5) is 0 Å². The fourth-order valence-electron chi connectivity index (χ4n) is 3.14. The first-order chi connectivity index (χ1) is 8.31. The maximum absolute atomic E-state index is 9.59. The minimum Gasteiger partial charge on any atom is -0.396 e. The van der Waals surface area contributed by atoms with Gasteiger partial charge in [-0.25, -0.2) is 0 Å². The molecule has 1 saturated heterocycles. The molecule has 2 nitrogen and oxygen atoms in total. The molecule has 17 heavy (non-hydrogen) atoms. The molecule has 2 heteroatoms. The molecule has 92 valence electrons. The number of fused-ring (bicyclic) bond motifs is 1. The maximum atomic E-state index is 9.59. The van der Waals surface area contributed by atoms with Crippen molar-refractivity contribution < 1.29 is 9.84 Å². The van der Waals surface area contributed by atoms with E-state index in [1.54, 1.807) is 0 Å². The Kier molecular flexibility index (Phi) is 2.93. The highest BCUT2D eigenvalue weighted by Crippen LogP contribution is 2.33. The molecular weight excluding hydrogens is 212 g/mol. The molecule has 0 amide bonds. The van der Waals surface area contributed by atoms with Crippen molar-refractivity contribution in [3.8, 4) is 0 Å². The van der Waals surface area contributed by atoms with Crippen LogP contribution in [0.2, 0.25) is 0 Å². The lowest BCUT2D eigenvalue weighted by Crippen LogP contribution is -2.28. The van der Waals surface area contributed by atoms with E-state index < -0.39 is 0 Å². The molecule has 0 saturated carbocycles. The molecule has 1 atom stereocenters. The molecule has 1 aliphatic carbocycles. The normalized spacial score (nSPS) is 27.4. The van der Waals surface area contributed by atoms with Crippen LogP contribution in [-0.2, 0) is 24.0 Å². The number of aliphatic hydroxyl groups excluding tert-OH is 1. The second kappa shape index (κ2) is 4.43. The number of aryl methyl sites for hydroxylation is 2. The lowest BCUT2D eigenvalue weighted by atomic mass is 9.81. The summed E-state index contributed by atoms with van der Waals surface area (Å²) in [4.78, 5) is 0. The predicted octanol–water partition coefficient (Wildman–Crippen LogP) is 2.12. The molecule has 0 radical (unpaired) electrons. The lowest BCUT2D eigenvalue weighted by Gasteiger charge is -2.24. The van der Waals surface area contributed by atoms with Crippen LogP contribution in [0.1, 0.15) is 29.5 Å². The third-order valence-corrected chi connectivity index (χ3v) is 4.26. The Hall–Kier alpha value is -0.860. The number of hydrogen-bond donors (Lipinski definition) is 1. The minimum atomic E-state index is -0.0210. The quantitative estimate of drug-likeness (QED) is 0.865. The summed E-state index contributed by atoms with van der Waals surface area (Å²) in [5.74, 6) is 0. The predicted molar refractivity (Wildman–Crippen MR) is 67.1 cm³/mol. The summed E-state index contributed by atoms with van der Waals surface area (Å²) in [7, 11) is 0. The average molecular weight is 232 g/mol. The van der Waals surface area contributed by atoms with Crippen molar-refractivity contribution >= 4 is 0 Å². The van der Waals surface area contributed by atoms with E-state index in [0.717, 1.165) is 19.4 Å². The summed E-state index contributed by atoms with van der Waals surface area (Å²) in [5, 5.41) is 9.59. The first-order valence-electron chi connectivity index (χ1n) is 6.61. The van der Waals surface area contributed by atoms with Crippen molar-refractivity contribution in [2.24, 2.45) is 5.41 Å². The van der Waals surface area contributed by atoms with Gasteiger partial charge in [-0.15, -0.1) is 0 Å². The average Bonchev–Trinajstić information content (AvgIpc) is 2.97. The van der Waals surface area contributed by atoms with E-state index in [1.165, 1.54) is 36.0 Å². The van der Waals surface area contributed by atoms with Gasteiger partial charge in [0.15, 0.2) is 0 Å². The van der Waals surface area contributed by atoms with Crippen molar-refractivity contribution in [2.45, 2.75) is 32.1 Å². The second-order valence-electron chi connectivity index (χ2n) is 5.59. The van der Waals surface area contributed by atoms with Gasteiger partial charge in [-0.3, -0.25) is 0 Å². The fourth-order valence-corrected chi connectivity index (χ4v) is 3.14. The molecule has 1 aromatic rings. The maximum Gasteiger partial charge on any atom is 0.0548 e. The van der Waals surface area contributed by atoms with Crippen molar-refractivity contribution in [1.82, 2.24) is 0 Å². The van der Waals surface area contributed by atoms with Gasteiger partial charge in [-0.05, 0) is 48.8 Å². The Bertz CT molecular complexity index is 405. The molecule has 0 aromatic heterocycles. The zero-order chi connectivity index (χ0) is 11.7. The van der Waals surface area contributed by atoms with Crippen LogP contribution >= 0.6 is 0 Å². The van der Waals surface area contributed by atoms with Gasteiger partial charge in [0.25, 0.3) is 0 Å². The van der Waals surface area contributed by atoms with E-state index in [4.69, 9.17) is 4.74 Å². The van der Waals surface area contributed by atoms with Crippen LogP contribution in [0.25, 0.3) is 0 Å². The molecule has 2 aliphatic rings. The summed E-state index contributed by atoms with van der Waals surface area (Å²) in [5.41, 5.74) is 4.39. The summed E-state index contributed by atoms with van der Waals surface area (Å²) >= 11 is 0. The molecule has 1 unspecified atom stereocenters. The van der Waals surface area contributed by atoms with Gasteiger partial charge in [0, 0.05) is 12.0 Å². The molecular formula is C15H20O2. The summed E-state index contributed by atoms with van der Waals surface area (Å²) in [6, 6.07) is 6.86. The van der Waals surface area contributed by atoms with Crippen molar-refractivity contribution in [2.75, 3.05) is 19.8 Å². The summed E-state index contributed by atoms with van der Waals surface area (Å²) in [6.07, 6.45) is 5.71.